The predicted molar refractivity (Wildman–Crippen MR) is 96.5 cm³/mol. The Labute approximate surface area is 153 Å². The molecule has 2 N–H and O–H groups in total. The molecule has 1 aromatic carbocycles. The van der Waals surface area contributed by atoms with Gasteiger partial charge >= 0.3 is 6.09 Å². The topological polar surface area (TPSA) is 93.5 Å². The number of benzene rings is 1. The van der Waals surface area contributed by atoms with Crippen LogP contribution in [-0.2, 0) is 16.0 Å². The maximum absolute atomic E-state index is 12.6. The monoisotopic (exact) mass is 359 g/mol. The van der Waals surface area contributed by atoms with E-state index in [1.54, 1.807) is 32.9 Å². The Bertz CT molecular complexity index is 735. The van der Waals surface area contributed by atoms with Gasteiger partial charge in [-0.1, -0.05) is 35.5 Å². The molecular formula is C19H25N3O4. The van der Waals surface area contributed by atoms with Gasteiger partial charge in [0.15, 0.2) is 0 Å². The highest BCUT2D eigenvalue weighted by Crippen LogP contribution is 2.15. The smallest absolute Gasteiger partial charge is 0.408 e. The zero-order chi connectivity index (χ0) is 19.2. The van der Waals surface area contributed by atoms with Crippen LogP contribution in [-0.4, -0.2) is 29.3 Å². The van der Waals surface area contributed by atoms with E-state index in [1.165, 1.54) is 0 Å². The summed E-state index contributed by atoms with van der Waals surface area (Å²) in [5.41, 5.74) is 0.791. The van der Waals surface area contributed by atoms with Crippen molar-refractivity contribution < 1.29 is 18.8 Å². The van der Waals surface area contributed by atoms with Gasteiger partial charge in [0.05, 0.1) is 5.69 Å². The van der Waals surface area contributed by atoms with Gasteiger partial charge in [-0.15, -0.1) is 0 Å². The molecule has 0 aliphatic rings. The standard InChI is InChI=1S/C19H25N3O4/c1-13-12-15(22-26-13)10-11-20-17(23)16(14-8-6-5-7-9-14)21-18(24)25-19(2,3)4/h5-9,12,16H,10-11H2,1-4H3,(H,20,23)(H,21,24). The van der Waals surface area contributed by atoms with Crippen molar-refractivity contribution in [2.75, 3.05) is 6.54 Å². The summed E-state index contributed by atoms with van der Waals surface area (Å²) in [4.78, 5) is 24.7. The van der Waals surface area contributed by atoms with Crippen molar-refractivity contribution >= 4 is 12.0 Å². The fourth-order valence-electron chi connectivity index (χ4n) is 2.32. The fraction of sp³-hybridized carbons (Fsp3) is 0.421. The molecule has 2 aromatic rings. The van der Waals surface area contributed by atoms with Crippen LogP contribution in [0.15, 0.2) is 40.9 Å². The van der Waals surface area contributed by atoms with Crippen molar-refractivity contribution in [3.8, 4) is 0 Å². The molecule has 26 heavy (non-hydrogen) atoms. The first kappa shape index (κ1) is 19.5. The van der Waals surface area contributed by atoms with E-state index in [4.69, 9.17) is 9.26 Å². The Morgan fingerprint density at radius 2 is 1.92 bits per heavy atom. The maximum Gasteiger partial charge on any atom is 0.408 e. The largest absolute Gasteiger partial charge is 0.444 e. The Balaban J connectivity index is 2.00. The summed E-state index contributed by atoms with van der Waals surface area (Å²) in [6.07, 6.45) is -0.106. The van der Waals surface area contributed by atoms with Crippen LogP contribution in [0.25, 0.3) is 0 Å². The molecule has 0 saturated carbocycles. The molecule has 7 nitrogen and oxygen atoms in total. The minimum atomic E-state index is -0.843. The summed E-state index contributed by atoms with van der Waals surface area (Å²) >= 11 is 0. The van der Waals surface area contributed by atoms with E-state index in [9.17, 15) is 9.59 Å². The number of carbonyl (C=O) groups is 2. The number of nitrogens with zero attached hydrogens (tertiary/aromatic N) is 1. The average molecular weight is 359 g/mol. The molecule has 0 saturated heterocycles. The van der Waals surface area contributed by atoms with Gasteiger partial charge in [0.1, 0.15) is 17.4 Å². The van der Waals surface area contributed by atoms with E-state index in [2.05, 4.69) is 15.8 Å². The highest BCUT2D eigenvalue weighted by atomic mass is 16.6. The van der Waals surface area contributed by atoms with Crippen molar-refractivity contribution in [3.63, 3.8) is 0 Å². The lowest BCUT2D eigenvalue weighted by molar-refractivity contribution is -0.123. The minimum absolute atomic E-state index is 0.317. The third-order valence-corrected chi connectivity index (χ3v) is 3.41. The van der Waals surface area contributed by atoms with Gasteiger partial charge in [0, 0.05) is 19.0 Å². The van der Waals surface area contributed by atoms with E-state index in [-0.39, 0.29) is 5.91 Å². The second kappa shape index (κ2) is 8.51. The molecule has 0 aliphatic heterocycles. The zero-order valence-corrected chi connectivity index (χ0v) is 15.5. The Hall–Kier alpha value is -2.83. The van der Waals surface area contributed by atoms with Gasteiger partial charge in [-0.05, 0) is 33.3 Å². The van der Waals surface area contributed by atoms with E-state index in [1.807, 2.05) is 31.2 Å². The molecule has 140 valence electrons. The molecular weight excluding hydrogens is 334 g/mol. The molecule has 0 radical (unpaired) electrons. The Morgan fingerprint density at radius 3 is 2.50 bits per heavy atom. The van der Waals surface area contributed by atoms with E-state index in [0.29, 0.717) is 18.5 Å². The number of alkyl carbamates (subject to hydrolysis) is 1. The predicted octanol–water partition coefficient (Wildman–Crippen LogP) is 2.91. The number of amides is 2. The number of nitrogens with one attached hydrogen (secondary N) is 2. The lowest BCUT2D eigenvalue weighted by atomic mass is 10.1. The molecule has 0 spiro atoms. The number of hydrogen-bond donors (Lipinski definition) is 2. The summed E-state index contributed by atoms with van der Waals surface area (Å²) < 4.78 is 10.3. The molecule has 0 bridgehead atoms. The van der Waals surface area contributed by atoms with Crippen LogP contribution < -0.4 is 10.6 Å². The number of carbonyl (C=O) groups excluding carboxylic acids is 2. The molecule has 1 unspecified atom stereocenters. The van der Waals surface area contributed by atoms with Crippen LogP contribution in [0.1, 0.15) is 43.8 Å². The second-order valence-corrected chi connectivity index (χ2v) is 6.96. The van der Waals surface area contributed by atoms with Crippen molar-refractivity contribution in [3.05, 3.63) is 53.4 Å². The molecule has 2 amide bonds. The summed E-state index contributed by atoms with van der Waals surface area (Å²) in [5.74, 6) is 0.405. The van der Waals surface area contributed by atoms with E-state index < -0.39 is 17.7 Å². The SMILES string of the molecule is Cc1cc(CCNC(=O)C(NC(=O)OC(C)(C)C)c2ccccc2)no1. The van der Waals surface area contributed by atoms with Crippen LogP contribution in [0, 0.1) is 6.92 Å². The molecule has 0 aliphatic carbocycles. The van der Waals surface area contributed by atoms with Crippen LogP contribution in [0.4, 0.5) is 4.79 Å². The molecule has 1 aromatic heterocycles. The Kier molecular flexibility index (Phi) is 6.38. The molecule has 2 rings (SSSR count). The molecule has 0 fully saturated rings. The normalized spacial score (nSPS) is 12.3. The fourth-order valence-corrected chi connectivity index (χ4v) is 2.32. The third-order valence-electron chi connectivity index (χ3n) is 3.41. The number of hydrogen-bond acceptors (Lipinski definition) is 5. The summed E-state index contributed by atoms with van der Waals surface area (Å²) in [6, 6.07) is 10.0. The van der Waals surface area contributed by atoms with E-state index in [0.717, 1.165) is 11.5 Å². The minimum Gasteiger partial charge on any atom is -0.444 e. The lowest BCUT2D eigenvalue weighted by Crippen LogP contribution is -2.43. The average Bonchev–Trinajstić information content (AvgIpc) is 2.97. The van der Waals surface area contributed by atoms with Gasteiger partial charge in [-0.25, -0.2) is 4.79 Å². The maximum atomic E-state index is 12.6. The molecule has 1 heterocycles. The van der Waals surface area contributed by atoms with Crippen molar-refractivity contribution in [1.29, 1.82) is 0 Å². The zero-order valence-electron chi connectivity index (χ0n) is 15.5. The Morgan fingerprint density at radius 1 is 1.23 bits per heavy atom. The lowest BCUT2D eigenvalue weighted by Gasteiger charge is -2.23. The second-order valence-electron chi connectivity index (χ2n) is 6.96. The summed E-state index contributed by atoms with van der Waals surface area (Å²) in [6.45, 7) is 7.49. The number of aromatic nitrogens is 1. The summed E-state index contributed by atoms with van der Waals surface area (Å²) in [7, 11) is 0. The van der Waals surface area contributed by atoms with Crippen molar-refractivity contribution in [1.82, 2.24) is 15.8 Å². The van der Waals surface area contributed by atoms with E-state index >= 15 is 0 Å². The number of rotatable bonds is 6. The summed E-state index contributed by atoms with van der Waals surface area (Å²) in [5, 5.41) is 9.34. The highest BCUT2D eigenvalue weighted by molar-refractivity contribution is 5.86. The quantitative estimate of drug-likeness (QED) is 0.827. The molecule has 7 heteroatoms. The van der Waals surface area contributed by atoms with Gasteiger partial charge in [-0.2, -0.15) is 0 Å². The number of aryl methyl sites for hydroxylation is 1. The van der Waals surface area contributed by atoms with Gasteiger partial charge in [-0.3, -0.25) is 4.79 Å². The van der Waals surface area contributed by atoms with Crippen LogP contribution >= 0.6 is 0 Å². The van der Waals surface area contributed by atoms with Crippen LogP contribution in [0.2, 0.25) is 0 Å². The third kappa shape index (κ3) is 6.23. The van der Waals surface area contributed by atoms with Crippen LogP contribution in [0.5, 0.6) is 0 Å². The van der Waals surface area contributed by atoms with Crippen LogP contribution in [0.3, 0.4) is 0 Å². The first-order valence-corrected chi connectivity index (χ1v) is 8.49. The van der Waals surface area contributed by atoms with Gasteiger partial charge < -0.3 is 19.9 Å². The highest BCUT2D eigenvalue weighted by Gasteiger charge is 2.25. The first-order chi connectivity index (χ1) is 12.2. The van der Waals surface area contributed by atoms with Crippen molar-refractivity contribution in [2.24, 2.45) is 0 Å². The van der Waals surface area contributed by atoms with Crippen molar-refractivity contribution in [2.45, 2.75) is 45.8 Å². The van der Waals surface area contributed by atoms with Gasteiger partial charge in [0.2, 0.25) is 5.91 Å². The van der Waals surface area contributed by atoms with Gasteiger partial charge in [0.25, 0.3) is 0 Å². The number of ether oxygens (including phenoxy) is 1. The molecule has 1 atom stereocenters. The first-order valence-electron chi connectivity index (χ1n) is 8.49.